The van der Waals surface area contributed by atoms with Crippen molar-refractivity contribution in [3.05, 3.63) is 12.2 Å². The molecule has 4 heteroatoms. The predicted molar refractivity (Wildman–Crippen MR) is 66.7 cm³/mol. The minimum absolute atomic E-state index is 0.0750. The number of fused-ring (bicyclic) bond motifs is 7. The van der Waals surface area contributed by atoms with Gasteiger partial charge in [0.2, 0.25) is 0 Å². The smallest absolute Gasteiger partial charge is 0.157 e. The normalized spacial score (nSPS) is 59.3. The summed E-state index contributed by atoms with van der Waals surface area (Å²) >= 11 is 0. The van der Waals surface area contributed by atoms with Crippen molar-refractivity contribution in [2.24, 2.45) is 23.7 Å². The zero-order chi connectivity index (χ0) is 12.1. The third kappa shape index (κ3) is 1.12. The van der Waals surface area contributed by atoms with E-state index in [0.717, 1.165) is 25.7 Å². The molecule has 4 aliphatic carbocycles. The van der Waals surface area contributed by atoms with Gasteiger partial charge in [0.1, 0.15) is 0 Å². The van der Waals surface area contributed by atoms with Crippen LogP contribution in [0, 0.1) is 23.7 Å². The molecule has 18 heavy (non-hydrogen) atoms. The predicted octanol–water partition coefficient (Wildman–Crippen LogP) is 1.54. The Labute approximate surface area is 108 Å². The van der Waals surface area contributed by atoms with Gasteiger partial charge in [-0.2, -0.15) is 0 Å². The Morgan fingerprint density at radius 3 is 2.44 bits per heavy atom. The van der Waals surface area contributed by atoms with Gasteiger partial charge in [0.05, 0.1) is 22.7 Å². The monoisotopic (exact) mass is 266 g/mol. The summed E-state index contributed by atoms with van der Waals surface area (Å²) in [5.74, 6) is 1.73. The molecule has 5 rings (SSSR count). The quantitative estimate of drug-likeness (QED) is 0.562. The van der Waals surface area contributed by atoms with Gasteiger partial charge in [-0.3, -0.25) is 0 Å². The van der Waals surface area contributed by atoms with Crippen molar-refractivity contribution < 1.29 is 13.2 Å². The highest BCUT2D eigenvalue weighted by molar-refractivity contribution is 7.92. The molecule has 1 aliphatic heterocycles. The van der Waals surface area contributed by atoms with Crippen LogP contribution in [-0.2, 0) is 14.6 Å². The van der Waals surface area contributed by atoms with Crippen LogP contribution in [-0.4, -0.2) is 31.1 Å². The topological polar surface area (TPSA) is 46.7 Å². The SMILES string of the molecule is O=S(=O)([C@H]1C[C@@H]2C[C@H]1[C@H]1O[C@@H]21)[C@H]1C[C@H]2C=C[C@@H]1C2. The average Bonchev–Trinajstić information content (AvgIpc) is 2.80. The molecule has 0 N–H and O–H groups in total. The van der Waals surface area contributed by atoms with Gasteiger partial charge in [-0.25, -0.2) is 8.42 Å². The molecule has 0 spiro atoms. The van der Waals surface area contributed by atoms with Crippen LogP contribution in [0.25, 0.3) is 0 Å². The molecule has 0 radical (unpaired) electrons. The van der Waals surface area contributed by atoms with E-state index in [9.17, 15) is 8.42 Å². The number of epoxide rings is 1. The number of allylic oxidation sites excluding steroid dienone is 2. The third-order valence-corrected chi connectivity index (χ3v) is 8.87. The number of hydrogen-bond acceptors (Lipinski definition) is 3. The number of hydrogen-bond donors (Lipinski definition) is 0. The molecule has 0 unspecified atom stereocenters. The van der Waals surface area contributed by atoms with Crippen LogP contribution in [0.5, 0.6) is 0 Å². The summed E-state index contributed by atoms with van der Waals surface area (Å²) in [5, 5.41) is -0.155. The summed E-state index contributed by atoms with van der Waals surface area (Å²) in [6, 6.07) is 0. The molecular formula is C14H18O3S. The maximum Gasteiger partial charge on any atom is 0.157 e. The minimum Gasteiger partial charge on any atom is -0.369 e. The van der Waals surface area contributed by atoms with Crippen molar-refractivity contribution >= 4 is 9.84 Å². The molecule has 0 aromatic carbocycles. The van der Waals surface area contributed by atoms with Crippen molar-refractivity contribution in [1.82, 2.24) is 0 Å². The summed E-state index contributed by atoms with van der Waals surface area (Å²) in [7, 11) is -2.94. The minimum atomic E-state index is -2.94. The van der Waals surface area contributed by atoms with E-state index in [1.54, 1.807) is 0 Å². The maximum absolute atomic E-state index is 12.9. The van der Waals surface area contributed by atoms with E-state index in [-0.39, 0.29) is 10.5 Å². The van der Waals surface area contributed by atoms with Gasteiger partial charge in [0.25, 0.3) is 0 Å². The van der Waals surface area contributed by atoms with E-state index in [2.05, 4.69) is 12.2 Å². The average molecular weight is 266 g/mol. The molecule has 1 saturated heterocycles. The summed E-state index contributed by atoms with van der Waals surface area (Å²) < 4.78 is 31.4. The molecule has 0 amide bonds. The van der Waals surface area contributed by atoms with E-state index in [4.69, 9.17) is 4.74 Å². The lowest BCUT2D eigenvalue weighted by atomic mass is 10.0. The fourth-order valence-electron chi connectivity index (χ4n) is 5.25. The second kappa shape index (κ2) is 3.04. The molecule has 5 aliphatic rings. The Kier molecular flexibility index (Phi) is 1.76. The Hall–Kier alpha value is -0.350. The van der Waals surface area contributed by atoms with Gasteiger partial charge in [-0.1, -0.05) is 12.2 Å². The first-order valence-corrected chi connectivity index (χ1v) is 8.82. The van der Waals surface area contributed by atoms with E-state index in [1.807, 2.05) is 0 Å². The summed E-state index contributed by atoms with van der Waals surface area (Å²) in [6.07, 6.45) is 9.05. The van der Waals surface area contributed by atoms with Gasteiger partial charge < -0.3 is 4.74 Å². The number of rotatable bonds is 2. The van der Waals surface area contributed by atoms with Crippen molar-refractivity contribution in [3.63, 3.8) is 0 Å². The van der Waals surface area contributed by atoms with Crippen LogP contribution >= 0.6 is 0 Å². The second-order valence-electron chi connectivity index (χ2n) is 6.91. The number of ether oxygens (including phenoxy) is 1. The van der Waals surface area contributed by atoms with Gasteiger partial charge in [0, 0.05) is 5.92 Å². The largest absolute Gasteiger partial charge is 0.369 e. The first kappa shape index (κ1) is 10.4. The van der Waals surface area contributed by atoms with Crippen molar-refractivity contribution in [2.45, 2.75) is 48.4 Å². The maximum atomic E-state index is 12.9. The molecule has 0 aromatic rings. The van der Waals surface area contributed by atoms with Crippen molar-refractivity contribution in [1.29, 1.82) is 0 Å². The Morgan fingerprint density at radius 2 is 1.83 bits per heavy atom. The second-order valence-corrected chi connectivity index (χ2v) is 9.30. The van der Waals surface area contributed by atoms with Gasteiger partial charge in [0.15, 0.2) is 9.84 Å². The third-order valence-electron chi connectivity index (χ3n) is 6.10. The highest BCUT2D eigenvalue weighted by Crippen LogP contribution is 2.59. The van der Waals surface area contributed by atoms with Gasteiger partial charge >= 0.3 is 0 Å². The van der Waals surface area contributed by atoms with Crippen LogP contribution in [0.2, 0.25) is 0 Å². The summed E-state index contributed by atoms with van der Waals surface area (Å²) in [5.41, 5.74) is 0. The molecule has 98 valence electrons. The van der Waals surface area contributed by atoms with Crippen LogP contribution in [0.4, 0.5) is 0 Å². The molecule has 8 atom stereocenters. The molecule has 4 fully saturated rings. The van der Waals surface area contributed by atoms with Gasteiger partial charge in [-0.15, -0.1) is 0 Å². The zero-order valence-corrected chi connectivity index (χ0v) is 11.1. The van der Waals surface area contributed by atoms with E-state index in [1.165, 1.54) is 0 Å². The highest BCUT2D eigenvalue weighted by Gasteiger charge is 2.66. The van der Waals surface area contributed by atoms with Crippen LogP contribution in [0.3, 0.4) is 0 Å². The van der Waals surface area contributed by atoms with E-state index < -0.39 is 9.84 Å². The molecule has 4 bridgehead atoms. The van der Waals surface area contributed by atoms with Gasteiger partial charge in [-0.05, 0) is 43.4 Å². The lowest BCUT2D eigenvalue weighted by Gasteiger charge is -2.27. The van der Waals surface area contributed by atoms with E-state index >= 15 is 0 Å². The first-order chi connectivity index (χ1) is 8.64. The molecular weight excluding hydrogens is 248 g/mol. The first-order valence-electron chi connectivity index (χ1n) is 7.21. The van der Waals surface area contributed by atoms with Crippen molar-refractivity contribution in [3.8, 4) is 0 Å². The highest BCUT2D eigenvalue weighted by atomic mass is 32.2. The lowest BCUT2D eigenvalue weighted by Crippen LogP contribution is -2.39. The van der Waals surface area contributed by atoms with Crippen LogP contribution in [0.15, 0.2) is 12.2 Å². The van der Waals surface area contributed by atoms with E-state index in [0.29, 0.717) is 35.9 Å². The molecule has 3 saturated carbocycles. The standard InChI is InChI=1S/C14H18O3S/c15-18(16,11-4-7-1-2-8(11)3-7)12-6-9-5-10(12)14-13(9)17-14/h1-2,7-14H,3-6H2/t7-,8+,9-,10+,11-,12-,13-,14+/m0/s1. The van der Waals surface area contributed by atoms with Crippen LogP contribution < -0.4 is 0 Å². The zero-order valence-electron chi connectivity index (χ0n) is 10.2. The van der Waals surface area contributed by atoms with Crippen molar-refractivity contribution in [2.75, 3.05) is 0 Å². The lowest BCUT2D eigenvalue weighted by molar-refractivity contribution is 0.264. The fourth-order valence-corrected chi connectivity index (χ4v) is 8.18. The molecule has 0 aromatic heterocycles. The fraction of sp³-hybridized carbons (Fsp3) is 0.857. The molecule has 1 heterocycles. The summed E-state index contributed by atoms with van der Waals surface area (Å²) in [4.78, 5) is 0. The summed E-state index contributed by atoms with van der Waals surface area (Å²) in [6.45, 7) is 0. The Balaban J connectivity index is 1.47. The van der Waals surface area contributed by atoms with Crippen LogP contribution in [0.1, 0.15) is 25.7 Å². The molecule has 3 nitrogen and oxygen atoms in total. The number of sulfone groups is 1. The Morgan fingerprint density at radius 1 is 0.944 bits per heavy atom. The Bertz CT molecular complexity index is 537.